The molecule has 1 fully saturated rings. The lowest BCUT2D eigenvalue weighted by Gasteiger charge is -2.46. The van der Waals surface area contributed by atoms with Crippen LogP contribution in [-0.2, 0) is 0 Å². The summed E-state index contributed by atoms with van der Waals surface area (Å²) in [6.45, 7) is 5.96. The molecule has 2 N–H and O–H groups in total. The highest BCUT2D eigenvalue weighted by molar-refractivity contribution is 5.36. The van der Waals surface area contributed by atoms with E-state index in [9.17, 15) is 0 Å². The molecular formula is C17H26N2. The summed E-state index contributed by atoms with van der Waals surface area (Å²) in [5, 5.41) is 0. The minimum atomic E-state index is 0.188. The van der Waals surface area contributed by atoms with Gasteiger partial charge in [-0.15, -0.1) is 0 Å². The van der Waals surface area contributed by atoms with Crippen molar-refractivity contribution in [3.05, 3.63) is 35.4 Å². The Bertz CT molecular complexity index is 443. The van der Waals surface area contributed by atoms with Gasteiger partial charge in [-0.3, -0.25) is 4.90 Å². The maximum absolute atomic E-state index is 6.60. The van der Waals surface area contributed by atoms with Crippen LogP contribution >= 0.6 is 0 Å². The van der Waals surface area contributed by atoms with Crippen molar-refractivity contribution >= 4 is 0 Å². The Balaban J connectivity index is 1.89. The average Bonchev–Trinajstić information content (AvgIpc) is 2.44. The molecule has 2 nitrogen and oxygen atoms in total. The predicted molar refractivity (Wildman–Crippen MR) is 80.2 cm³/mol. The number of nitrogens with two attached hydrogens (primary N) is 1. The first-order valence-electron chi connectivity index (χ1n) is 7.78. The Morgan fingerprint density at radius 2 is 1.84 bits per heavy atom. The van der Waals surface area contributed by atoms with Crippen LogP contribution in [0.15, 0.2) is 24.3 Å². The van der Waals surface area contributed by atoms with Crippen LogP contribution in [0.4, 0.5) is 0 Å². The van der Waals surface area contributed by atoms with Gasteiger partial charge in [-0.25, -0.2) is 0 Å². The van der Waals surface area contributed by atoms with Crippen LogP contribution in [-0.4, -0.2) is 23.5 Å². The van der Waals surface area contributed by atoms with E-state index in [1.54, 1.807) is 0 Å². The fraction of sp³-hybridized carbons (Fsp3) is 0.647. The molecule has 1 aromatic rings. The molecule has 0 saturated carbocycles. The maximum Gasteiger partial charge on any atom is 0.0456 e. The summed E-state index contributed by atoms with van der Waals surface area (Å²) in [4.78, 5) is 2.68. The molecule has 1 aliphatic heterocycles. The average molecular weight is 258 g/mol. The monoisotopic (exact) mass is 258 g/mol. The van der Waals surface area contributed by atoms with Crippen LogP contribution in [0, 0.1) is 0 Å². The van der Waals surface area contributed by atoms with E-state index in [1.807, 2.05) is 0 Å². The van der Waals surface area contributed by atoms with Gasteiger partial charge in [0.25, 0.3) is 0 Å². The zero-order chi connectivity index (χ0) is 13.4. The number of nitrogens with zero attached hydrogens (tertiary/aromatic N) is 1. The van der Waals surface area contributed by atoms with E-state index in [1.165, 1.54) is 43.4 Å². The van der Waals surface area contributed by atoms with Gasteiger partial charge in [-0.05, 0) is 49.8 Å². The van der Waals surface area contributed by atoms with Gasteiger partial charge in [-0.1, -0.05) is 37.6 Å². The Morgan fingerprint density at radius 1 is 1.11 bits per heavy atom. The second kappa shape index (κ2) is 5.26. The van der Waals surface area contributed by atoms with Crippen molar-refractivity contribution in [3.63, 3.8) is 0 Å². The number of fused-ring (bicyclic) bond motifs is 1. The molecule has 0 amide bonds. The molecule has 0 spiro atoms. The Kier molecular flexibility index (Phi) is 3.64. The number of hydrogen-bond acceptors (Lipinski definition) is 2. The number of likely N-dealkylation sites (tertiary alicyclic amines) is 1. The SMILES string of the molecule is CC1CC(N2CCCCC2C)C(N)c2ccccc21. The van der Waals surface area contributed by atoms with Gasteiger partial charge in [0.15, 0.2) is 0 Å². The van der Waals surface area contributed by atoms with Gasteiger partial charge >= 0.3 is 0 Å². The van der Waals surface area contributed by atoms with Gasteiger partial charge in [0.2, 0.25) is 0 Å². The van der Waals surface area contributed by atoms with E-state index in [0.29, 0.717) is 18.0 Å². The van der Waals surface area contributed by atoms with Crippen molar-refractivity contribution in [3.8, 4) is 0 Å². The topological polar surface area (TPSA) is 29.3 Å². The summed E-state index contributed by atoms with van der Waals surface area (Å²) in [5.74, 6) is 0.634. The summed E-state index contributed by atoms with van der Waals surface area (Å²) in [7, 11) is 0. The fourth-order valence-corrected chi connectivity index (χ4v) is 4.06. The molecule has 1 aromatic carbocycles. The summed E-state index contributed by atoms with van der Waals surface area (Å²) in [5.41, 5.74) is 9.45. The van der Waals surface area contributed by atoms with Crippen LogP contribution < -0.4 is 5.73 Å². The van der Waals surface area contributed by atoms with Crippen molar-refractivity contribution in [2.24, 2.45) is 5.73 Å². The van der Waals surface area contributed by atoms with E-state index in [0.717, 1.165) is 0 Å². The second-order valence-corrected chi connectivity index (χ2v) is 6.44. The third kappa shape index (κ3) is 2.32. The van der Waals surface area contributed by atoms with Gasteiger partial charge in [0.1, 0.15) is 0 Å². The molecule has 19 heavy (non-hydrogen) atoms. The van der Waals surface area contributed by atoms with Gasteiger partial charge < -0.3 is 5.73 Å². The number of piperidine rings is 1. The van der Waals surface area contributed by atoms with Gasteiger partial charge in [-0.2, -0.15) is 0 Å². The minimum absolute atomic E-state index is 0.188. The molecule has 4 unspecified atom stereocenters. The molecule has 0 aromatic heterocycles. The lowest BCUT2D eigenvalue weighted by atomic mass is 9.77. The van der Waals surface area contributed by atoms with Gasteiger partial charge in [0.05, 0.1) is 0 Å². The standard InChI is InChI=1S/C17H26N2/c1-12-11-16(19-10-6-5-7-13(19)2)17(18)15-9-4-3-8-14(12)15/h3-4,8-9,12-13,16-17H,5-7,10-11,18H2,1-2H3. The lowest BCUT2D eigenvalue weighted by molar-refractivity contribution is 0.0753. The molecule has 2 aliphatic rings. The Hall–Kier alpha value is -0.860. The third-order valence-corrected chi connectivity index (χ3v) is 5.18. The smallest absolute Gasteiger partial charge is 0.0456 e. The van der Waals surface area contributed by atoms with E-state index >= 15 is 0 Å². The number of rotatable bonds is 1. The van der Waals surface area contributed by atoms with Crippen molar-refractivity contribution in [1.82, 2.24) is 4.90 Å². The molecule has 1 heterocycles. The first-order valence-corrected chi connectivity index (χ1v) is 7.78. The summed E-state index contributed by atoms with van der Waals surface area (Å²) >= 11 is 0. The molecule has 1 saturated heterocycles. The van der Waals surface area contributed by atoms with E-state index in [4.69, 9.17) is 5.73 Å². The zero-order valence-electron chi connectivity index (χ0n) is 12.2. The van der Waals surface area contributed by atoms with Crippen LogP contribution in [0.2, 0.25) is 0 Å². The molecule has 2 heteroatoms. The van der Waals surface area contributed by atoms with Crippen LogP contribution in [0.1, 0.15) is 62.6 Å². The van der Waals surface area contributed by atoms with Crippen molar-refractivity contribution in [2.75, 3.05) is 6.54 Å². The molecule has 3 rings (SSSR count). The Labute approximate surface area is 117 Å². The van der Waals surface area contributed by atoms with Gasteiger partial charge in [0, 0.05) is 18.1 Å². The summed E-state index contributed by atoms with van der Waals surface area (Å²) in [6, 6.07) is 10.2. The lowest BCUT2D eigenvalue weighted by Crippen LogP contribution is -2.51. The van der Waals surface area contributed by atoms with E-state index < -0.39 is 0 Å². The second-order valence-electron chi connectivity index (χ2n) is 6.44. The Morgan fingerprint density at radius 3 is 2.58 bits per heavy atom. The number of hydrogen-bond donors (Lipinski definition) is 1. The van der Waals surface area contributed by atoms with E-state index in [-0.39, 0.29) is 6.04 Å². The normalized spacial score (nSPS) is 35.9. The van der Waals surface area contributed by atoms with Crippen molar-refractivity contribution < 1.29 is 0 Å². The van der Waals surface area contributed by atoms with Crippen LogP contribution in [0.3, 0.4) is 0 Å². The summed E-state index contributed by atoms with van der Waals surface area (Å²) in [6.07, 6.45) is 5.26. The largest absolute Gasteiger partial charge is 0.323 e. The highest BCUT2D eigenvalue weighted by Gasteiger charge is 2.36. The first-order chi connectivity index (χ1) is 9.18. The quantitative estimate of drug-likeness (QED) is 0.836. The van der Waals surface area contributed by atoms with Crippen LogP contribution in [0.25, 0.3) is 0 Å². The van der Waals surface area contributed by atoms with Crippen molar-refractivity contribution in [1.29, 1.82) is 0 Å². The molecule has 1 aliphatic carbocycles. The molecule has 4 atom stereocenters. The highest BCUT2D eigenvalue weighted by atomic mass is 15.2. The highest BCUT2D eigenvalue weighted by Crippen LogP contribution is 2.40. The molecule has 0 bridgehead atoms. The predicted octanol–water partition coefficient (Wildman–Crippen LogP) is 3.44. The third-order valence-electron chi connectivity index (χ3n) is 5.18. The number of benzene rings is 1. The van der Waals surface area contributed by atoms with Crippen molar-refractivity contribution in [2.45, 2.75) is 63.6 Å². The molecule has 104 valence electrons. The zero-order valence-corrected chi connectivity index (χ0v) is 12.2. The molecule has 0 radical (unpaired) electrons. The maximum atomic E-state index is 6.60. The summed E-state index contributed by atoms with van der Waals surface area (Å²) < 4.78 is 0. The first kappa shape index (κ1) is 13.1. The minimum Gasteiger partial charge on any atom is -0.323 e. The fourth-order valence-electron chi connectivity index (χ4n) is 4.06. The van der Waals surface area contributed by atoms with E-state index in [2.05, 4.69) is 43.0 Å². The molecular weight excluding hydrogens is 232 g/mol. The van der Waals surface area contributed by atoms with Crippen LogP contribution in [0.5, 0.6) is 0 Å².